The van der Waals surface area contributed by atoms with E-state index in [1.165, 1.54) is 26.2 Å². The van der Waals surface area contributed by atoms with E-state index >= 15 is 0 Å². The van der Waals surface area contributed by atoms with Crippen molar-refractivity contribution in [3.8, 4) is 0 Å². The van der Waals surface area contributed by atoms with Crippen molar-refractivity contribution in [1.82, 2.24) is 0 Å². The number of amides is 2. The van der Waals surface area contributed by atoms with Crippen molar-refractivity contribution >= 4 is 29.2 Å². The number of ether oxygens (including phenoxy) is 1. The summed E-state index contributed by atoms with van der Waals surface area (Å²) in [6, 6.07) is 6.81. The topological polar surface area (TPSA) is 84.5 Å². The predicted molar refractivity (Wildman–Crippen MR) is 93.9 cm³/mol. The summed E-state index contributed by atoms with van der Waals surface area (Å²) >= 11 is 0. The fourth-order valence-electron chi connectivity index (χ4n) is 4.12. The minimum absolute atomic E-state index is 0.182. The van der Waals surface area contributed by atoms with Crippen LogP contribution in [0.25, 0.3) is 0 Å². The molecule has 134 valence electrons. The number of benzene rings is 1. The highest BCUT2D eigenvalue weighted by Gasteiger charge is 2.40. The number of nitrogens with one attached hydrogen (secondary N) is 2. The second-order valence-corrected chi connectivity index (χ2v) is 7.11. The maximum Gasteiger partial charge on any atom is 0.306 e. The third-order valence-electron chi connectivity index (χ3n) is 5.14. The Kier molecular flexibility index (Phi) is 5.36. The molecule has 3 rings (SSSR count). The van der Waals surface area contributed by atoms with Gasteiger partial charge in [0.2, 0.25) is 5.91 Å². The number of fused-ring (bicyclic) bond motifs is 2. The van der Waals surface area contributed by atoms with Crippen LogP contribution in [0.1, 0.15) is 39.0 Å². The Labute approximate surface area is 147 Å². The maximum absolute atomic E-state index is 12.0. The van der Waals surface area contributed by atoms with Crippen LogP contribution in [0, 0.1) is 17.8 Å². The minimum atomic E-state index is -0.388. The van der Waals surface area contributed by atoms with Crippen LogP contribution in [-0.4, -0.2) is 24.4 Å². The Morgan fingerprint density at radius 1 is 1.12 bits per heavy atom. The number of anilines is 2. The highest BCUT2D eigenvalue weighted by Crippen LogP contribution is 2.49. The van der Waals surface area contributed by atoms with Crippen LogP contribution in [-0.2, 0) is 19.1 Å². The van der Waals surface area contributed by atoms with Crippen molar-refractivity contribution in [3.63, 3.8) is 0 Å². The van der Waals surface area contributed by atoms with Crippen molar-refractivity contribution in [3.05, 3.63) is 24.3 Å². The van der Waals surface area contributed by atoms with Crippen LogP contribution < -0.4 is 10.6 Å². The molecule has 0 spiro atoms. The van der Waals surface area contributed by atoms with Gasteiger partial charge in [0.25, 0.3) is 5.91 Å². The zero-order valence-corrected chi connectivity index (χ0v) is 14.4. The first kappa shape index (κ1) is 17.5. The summed E-state index contributed by atoms with van der Waals surface area (Å²) in [5.74, 6) is 1.03. The van der Waals surface area contributed by atoms with Gasteiger partial charge in [-0.15, -0.1) is 0 Å². The average molecular weight is 344 g/mol. The van der Waals surface area contributed by atoms with Gasteiger partial charge in [-0.25, -0.2) is 0 Å². The molecular formula is C19H24N2O4. The largest absolute Gasteiger partial charge is 0.456 e. The highest BCUT2D eigenvalue weighted by atomic mass is 16.5. The van der Waals surface area contributed by atoms with Gasteiger partial charge in [0.15, 0.2) is 6.61 Å². The van der Waals surface area contributed by atoms with Crippen LogP contribution in [0.5, 0.6) is 0 Å². The minimum Gasteiger partial charge on any atom is -0.456 e. The van der Waals surface area contributed by atoms with E-state index in [9.17, 15) is 14.4 Å². The van der Waals surface area contributed by atoms with Gasteiger partial charge in [-0.1, -0.05) is 12.5 Å². The Balaban J connectivity index is 1.42. The zero-order valence-electron chi connectivity index (χ0n) is 14.4. The SMILES string of the molecule is CC(=O)Nc1cccc(NC(=O)COC(=O)C[C@@H]2C[C@H]3CC[C@@H]2C3)c1. The quantitative estimate of drug-likeness (QED) is 0.777. The van der Waals surface area contributed by atoms with Gasteiger partial charge in [0.1, 0.15) is 0 Å². The Hall–Kier alpha value is -2.37. The fraction of sp³-hybridized carbons (Fsp3) is 0.526. The number of carbonyl (C=O) groups excluding carboxylic acids is 3. The summed E-state index contributed by atoms with van der Waals surface area (Å²) < 4.78 is 5.12. The molecule has 6 nitrogen and oxygen atoms in total. The molecule has 0 heterocycles. The van der Waals surface area contributed by atoms with E-state index < -0.39 is 0 Å². The van der Waals surface area contributed by atoms with Gasteiger partial charge in [-0.2, -0.15) is 0 Å². The van der Waals surface area contributed by atoms with Crippen molar-refractivity contribution in [2.24, 2.45) is 17.8 Å². The van der Waals surface area contributed by atoms with Gasteiger partial charge in [0, 0.05) is 24.7 Å². The third-order valence-corrected chi connectivity index (χ3v) is 5.14. The first-order valence-electron chi connectivity index (χ1n) is 8.82. The summed E-state index contributed by atoms with van der Waals surface area (Å²) in [6.07, 6.45) is 5.33. The van der Waals surface area contributed by atoms with E-state index in [2.05, 4.69) is 10.6 Å². The molecule has 1 aromatic rings. The van der Waals surface area contributed by atoms with Gasteiger partial charge in [0.05, 0.1) is 0 Å². The van der Waals surface area contributed by atoms with E-state index in [1.807, 2.05) is 0 Å². The fourth-order valence-corrected chi connectivity index (χ4v) is 4.12. The van der Waals surface area contributed by atoms with Gasteiger partial charge in [-0.05, 0) is 55.2 Å². The van der Waals surface area contributed by atoms with Gasteiger partial charge < -0.3 is 15.4 Å². The van der Waals surface area contributed by atoms with Crippen LogP contribution >= 0.6 is 0 Å². The number of hydrogen-bond acceptors (Lipinski definition) is 4. The molecule has 2 bridgehead atoms. The second-order valence-electron chi connectivity index (χ2n) is 7.11. The molecule has 0 aliphatic heterocycles. The van der Waals surface area contributed by atoms with Gasteiger partial charge >= 0.3 is 5.97 Å². The van der Waals surface area contributed by atoms with Crippen molar-refractivity contribution in [1.29, 1.82) is 0 Å². The molecule has 0 saturated heterocycles. The average Bonchev–Trinajstić information content (AvgIpc) is 3.15. The van der Waals surface area contributed by atoms with E-state index in [-0.39, 0.29) is 24.4 Å². The molecule has 3 atom stereocenters. The summed E-state index contributed by atoms with van der Waals surface area (Å²) in [4.78, 5) is 35.0. The first-order chi connectivity index (χ1) is 12.0. The van der Waals surface area contributed by atoms with E-state index in [1.54, 1.807) is 24.3 Å². The standard InChI is InChI=1S/C19H24N2O4/c1-12(22)20-16-3-2-4-17(10-16)21-18(23)11-25-19(24)9-15-8-13-5-6-14(15)7-13/h2-4,10,13-15H,5-9,11H2,1H3,(H,20,22)(H,21,23)/t13-,14+,15-/m0/s1. The molecule has 0 unspecified atom stereocenters. The second kappa shape index (κ2) is 7.68. The van der Waals surface area contributed by atoms with Crippen LogP contribution in [0.2, 0.25) is 0 Å². The zero-order chi connectivity index (χ0) is 17.8. The number of rotatable bonds is 6. The lowest BCUT2D eigenvalue weighted by Crippen LogP contribution is -2.23. The van der Waals surface area contributed by atoms with Crippen LogP contribution in [0.4, 0.5) is 11.4 Å². The molecule has 1 aromatic carbocycles. The summed E-state index contributed by atoms with van der Waals surface area (Å²) in [5, 5.41) is 5.31. The highest BCUT2D eigenvalue weighted by molar-refractivity contribution is 5.94. The van der Waals surface area contributed by atoms with Crippen LogP contribution in [0.15, 0.2) is 24.3 Å². The molecule has 0 radical (unpaired) electrons. The van der Waals surface area contributed by atoms with E-state index in [4.69, 9.17) is 4.74 Å². The summed E-state index contributed by atoms with van der Waals surface area (Å²) in [7, 11) is 0. The molecule has 2 saturated carbocycles. The molecular weight excluding hydrogens is 320 g/mol. The molecule has 2 fully saturated rings. The van der Waals surface area contributed by atoms with Crippen molar-refractivity contribution in [2.75, 3.05) is 17.2 Å². The predicted octanol–water partition coefficient (Wildman–Crippen LogP) is 2.95. The lowest BCUT2D eigenvalue weighted by molar-refractivity contribution is -0.148. The van der Waals surface area contributed by atoms with Crippen molar-refractivity contribution < 1.29 is 19.1 Å². The monoisotopic (exact) mass is 344 g/mol. The summed E-state index contributed by atoms with van der Waals surface area (Å²) in [6.45, 7) is 1.13. The van der Waals surface area contributed by atoms with Crippen LogP contribution in [0.3, 0.4) is 0 Å². The van der Waals surface area contributed by atoms with Crippen molar-refractivity contribution in [2.45, 2.75) is 39.0 Å². The Bertz CT molecular complexity index is 673. The van der Waals surface area contributed by atoms with E-state index in [0.29, 0.717) is 29.6 Å². The maximum atomic E-state index is 12.0. The molecule has 2 aliphatic carbocycles. The smallest absolute Gasteiger partial charge is 0.306 e. The van der Waals surface area contributed by atoms with E-state index in [0.717, 1.165) is 12.3 Å². The first-order valence-corrected chi connectivity index (χ1v) is 8.82. The normalized spacial score (nSPS) is 24.0. The summed E-state index contributed by atoms with van der Waals surface area (Å²) in [5.41, 5.74) is 1.14. The molecule has 25 heavy (non-hydrogen) atoms. The Morgan fingerprint density at radius 3 is 2.52 bits per heavy atom. The number of esters is 1. The molecule has 6 heteroatoms. The third kappa shape index (κ3) is 4.81. The molecule has 0 aromatic heterocycles. The Morgan fingerprint density at radius 2 is 1.88 bits per heavy atom. The lowest BCUT2D eigenvalue weighted by Gasteiger charge is -2.20. The molecule has 2 aliphatic rings. The van der Waals surface area contributed by atoms with Gasteiger partial charge in [-0.3, -0.25) is 14.4 Å². The molecule has 2 amide bonds. The molecule has 2 N–H and O–H groups in total. The lowest BCUT2D eigenvalue weighted by atomic mass is 9.86. The number of hydrogen-bond donors (Lipinski definition) is 2. The number of carbonyl (C=O) groups is 3.